The number of hydrogen-bond donors (Lipinski definition) is 2. The first-order valence-electron chi connectivity index (χ1n) is 19.2. The van der Waals surface area contributed by atoms with Crippen LogP contribution in [-0.2, 0) is 37.6 Å². The second kappa shape index (κ2) is 23.9. The molecule has 15 heteroatoms. The Labute approximate surface area is 320 Å². The Morgan fingerprint density at radius 3 is 2.15 bits per heavy atom. The standard InChI is InChI=1S/C39H62N3O11P/c1-9-14-17-18-32(33(12-4)42(27-43)50-28-49-38(46)39(6,7)8)36(44)40-26-41-37(45)35-20-19-34(53-35)29-23-30(48-13-5)25-31(24-29)54(47,51-21-15-10-2)52-22-16-11-3/h19-20,23-25,27,32-33H,9-18,21-22,26,28H2,1-8H3,(H,40,44)(H,41,45)/t32-,33-/m1/s1. The number of esters is 1. The van der Waals surface area contributed by atoms with Crippen LogP contribution in [0.3, 0.4) is 0 Å². The van der Waals surface area contributed by atoms with Gasteiger partial charge in [0.15, 0.2) is 5.76 Å². The summed E-state index contributed by atoms with van der Waals surface area (Å²) in [6.45, 7) is 15.1. The van der Waals surface area contributed by atoms with Crippen molar-refractivity contribution < 1.29 is 51.5 Å². The molecule has 1 aromatic carbocycles. The lowest BCUT2D eigenvalue weighted by Crippen LogP contribution is -2.48. The molecule has 0 aliphatic carbocycles. The zero-order valence-electron chi connectivity index (χ0n) is 33.4. The van der Waals surface area contributed by atoms with Crippen LogP contribution in [0.1, 0.15) is 124 Å². The van der Waals surface area contributed by atoms with Crippen LogP contribution < -0.4 is 20.7 Å². The number of rotatable bonds is 27. The van der Waals surface area contributed by atoms with Gasteiger partial charge >= 0.3 is 13.6 Å². The summed E-state index contributed by atoms with van der Waals surface area (Å²) in [6, 6.07) is 7.49. The smallest absolute Gasteiger partial charge is 0.361 e. The molecule has 0 aliphatic rings. The van der Waals surface area contributed by atoms with E-state index in [9.17, 15) is 23.7 Å². The quantitative estimate of drug-likeness (QED) is 0.0230. The summed E-state index contributed by atoms with van der Waals surface area (Å²) < 4.78 is 42.6. The van der Waals surface area contributed by atoms with E-state index in [4.69, 9.17) is 27.8 Å². The SMILES string of the molecule is CCCCC[C@@H](C(=O)NCNC(=O)c1ccc(-c2cc(OCC)cc(P(=O)(OCCCC)OCCCC)c2)o1)[C@@H](CC)N(C=O)OCOC(=O)C(C)(C)C. The highest BCUT2D eigenvalue weighted by Crippen LogP contribution is 2.49. The van der Waals surface area contributed by atoms with Gasteiger partial charge in [0.05, 0.1) is 49.2 Å². The Morgan fingerprint density at radius 1 is 0.907 bits per heavy atom. The highest BCUT2D eigenvalue weighted by Gasteiger charge is 2.33. The molecule has 0 aliphatic heterocycles. The molecular weight excluding hydrogens is 717 g/mol. The second-order valence-electron chi connectivity index (χ2n) is 13.9. The largest absolute Gasteiger partial charge is 0.494 e. The first kappa shape index (κ1) is 46.4. The van der Waals surface area contributed by atoms with Gasteiger partial charge in [-0.15, -0.1) is 0 Å². The molecule has 0 radical (unpaired) electrons. The van der Waals surface area contributed by atoms with Crippen molar-refractivity contribution in [2.75, 3.05) is 33.3 Å². The molecule has 2 aromatic rings. The number of benzene rings is 1. The Morgan fingerprint density at radius 2 is 1.57 bits per heavy atom. The van der Waals surface area contributed by atoms with Gasteiger partial charge in [-0.2, -0.15) is 0 Å². The van der Waals surface area contributed by atoms with Crippen molar-refractivity contribution >= 4 is 37.1 Å². The molecule has 1 heterocycles. The van der Waals surface area contributed by atoms with Gasteiger partial charge in [-0.3, -0.25) is 23.7 Å². The number of furan rings is 1. The number of nitrogens with zero attached hydrogens (tertiary/aromatic N) is 1. The minimum absolute atomic E-state index is 0.0135. The van der Waals surface area contributed by atoms with E-state index in [0.717, 1.165) is 50.0 Å². The Balaban J connectivity index is 2.20. The van der Waals surface area contributed by atoms with Crippen molar-refractivity contribution in [2.45, 2.75) is 119 Å². The van der Waals surface area contributed by atoms with E-state index in [1.54, 1.807) is 45.0 Å². The summed E-state index contributed by atoms with van der Waals surface area (Å²) in [4.78, 5) is 56.4. The third-order valence-corrected chi connectivity index (χ3v) is 10.4. The molecule has 0 unspecified atom stereocenters. The van der Waals surface area contributed by atoms with Crippen LogP contribution in [-0.4, -0.2) is 68.6 Å². The fourth-order valence-electron chi connectivity index (χ4n) is 5.34. The minimum atomic E-state index is -3.71. The van der Waals surface area contributed by atoms with Gasteiger partial charge in [0.2, 0.25) is 19.1 Å². The lowest BCUT2D eigenvalue weighted by Gasteiger charge is -2.32. The molecule has 0 saturated heterocycles. The topological polar surface area (TPSA) is 172 Å². The first-order valence-corrected chi connectivity index (χ1v) is 20.7. The lowest BCUT2D eigenvalue weighted by atomic mass is 9.90. The summed E-state index contributed by atoms with van der Waals surface area (Å²) in [5, 5.41) is 6.76. The number of nitrogens with one attached hydrogen (secondary N) is 2. The van der Waals surface area contributed by atoms with Gasteiger partial charge in [-0.05, 0) is 83.7 Å². The molecule has 0 saturated carbocycles. The molecule has 54 heavy (non-hydrogen) atoms. The normalized spacial score (nSPS) is 12.8. The number of hydroxylamine groups is 2. The number of carbonyl (C=O) groups is 4. The summed E-state index contributed by atoms with van der Waals surface area (Å²) in [6.07, 6.45) is 7.03. The first-order chi connectivity index (χ1) is 25.8. The van der Waals surface area contributed by atoms with E-state index in [1.807, 2.05) is 34.6 Å². The molecule has 14 nitrogen and oxygen atoms in total. The maximum Gasteiger partial charge on any atom is 0.361 e. The van der Waals surface area contributed by atoms with Crippen molar-refractivity contribution in [1.82, 2.24) is 15.7 Å². The highest BCUT2D eigenvalue weighted by atomic mass is 31.2. The molecule has 2 N–H and O–H groups in total. The summed E-state index contributed by atoms with van der Waals surface area (Å²) >= 11 is 0. The Kier molecular flexibility index (Phi) is 20.6. The maximum atomic E-state index is 14.1. The molecule has 0 spiro atoms. The van der Waals surface area contributed by atoms with Crippen molar-refractivity contribution in [3.63, 3.8) is 0 Å². The van der Waals surface area contributed by atoms with E-state index in [0.29, 0.717) is 48.2 Å². The zero-order valence-corrected chi connectivity index (χ0v) is 34.3. The molecule has 2 rings (SSSR count). The molecule has 0 fully saturated rings. The number of unbranched alkanes of at least 4 members (excludes halogenated alkanes) is 4. The fraction of sp³-hybridized carbons (Fsp3) is 0.641. The van der Waals surface area contributed by atoms with E-state index in [-0.39, 0.29) is 31.5 Å². The van der Waals surface area contributed by atoms with E-state index in [1.165, 1.54) is 6.07 Å². The van der Waals surface area contributed by atoms with Crippen LogP contribution >= 0.6 is 7.60 Å². The van der Waals surface area contributed by atoms with Gasteiger partial charge < -0.3 is 33.6 Å². The Bertz CT molecular complexity index is 1490. The molecule has 3 amide bonds. The van der Waals surface area contributed by atoms with Crippen LogP contribution in [0.25, 0.3) is 11.3 Å². The Hall–Kier alpha value is -3.71. The number of carbonyl (C=O) groups excluding carboxylic acids is 4. The van der Waals surface area contributed by atoms with Crippen LogP contribution in [0.4, 0.5) is 0 Å². The van der Waals surface area contributed by atoms with Crippen LogP contribution in [0.2, 0.25) is 0 Å². The molecule has 0 bridgehead atoms. The van der Waals surface area contributed by atoms with Gasteiger partial charge in [0.1, 0.15) is 11.5 Å². The fourth-order valence-corrected chi connectivity index (χ4v) is 7.03. The van der Waals surface area contributed by atoms with Crippen LogP contribution in [0, 0.1) is 11.3 Å². The van der Waals surface area contributed by atoms with E-state index in [2.05, 4.69) is 10.6 Å². The zero-order chi connectivity index (χ0) is 40.1. The predicted molar refractivity (Wildman–Crippen MR) is 206 cm³/mol. The van der Waals surface area contributed by atoms with Crippen LogP contribution in [0.5, 0.6) is 5.75 Å². The average molecular weight is 780 g/mol. The van der Waals surface area contributed by atoms with Crippen LogP contribution in [0.15, 0.2) is 34.7 Å². The molecule has 304 valence electrons. The van der Waals surface area contributed by atoms with Crippen molar-refractivity contribution in [1.29, 1.82) is 0 Å². The number of ether oxygens (including phenoxy) is 2. The van der Waals surface area contributed by atoms with Gasteiger partial charge in [-0.1, -0.05) is 59.8 Å². The molecular formula is C39H62N3O11P. The summed E-state index contributed by atoms with van der Waals surface area (Å²) in [5.41, 5.74) is -0.239. The average Bonchev–Trinajstić information content (AvgIpc) is 3.64. The molecule has 1 aromatic heterocycles. The third kappa shape index (κ3) is 14.8. The monoisotopic (exact) mass is 779 g/mol. The second-order valence-corrected chi connectivity index (χ2v) is 15.9. The van der Waals surface area contributed by atoms with Crippen molar-refractivity contribution in [3.05, 3.63) is 36.1 Å². The summed E-state index contributed by atoms with van der Waals surface area (Å²) in [7, 11) is -3.71. The summed E-state index contributed by atoms with van der Waals surface area (Å²) in [5.74, 6) is -1.37. The number of amides is 3. The van der Waals surface area contributed by atoms with Crippen molar-refractivity contribution in [2.24, 2.45) is 11.3 Å². The predicted octanol–water partition coefficient (Wildman–Crippen LogP) is 7.51. The minimum Gasteiger partial charge on any atom is -0.494 e. The van der Waals surface area contributed by atoms with Gasteiger partial charge in [-0.25, -0.2) is 9.90 Å². The van der Waals surface area contributed by atoms with Gasteiger partial charge in [0.25, 0.3) is 5.91 Å². The highest BCUT2D eigenvalue weighted by molar-refractivity contribution is 7.62. The number of hydrogen-bond acceptors (Lipinski definition) is 11. The van der Waals surface area contributed by atoms with E-state index < -0.39 is 43.6 Å². The lowest BCUT2D eigenvalue weighted by molar-refractivity contribution is -0.236. The van der Waals surface area contributed by atoms with Gasteiger partial charge in [0, 0.05) is 5.56 Å². The maximum absolute atomic E-state index is 14.1. The van der Waals surface area contributed by atoms with Crippen molar-refractivity contribution in [3.8, 4) is 17.1 Å². The molecule has 2 atom stereocenters. The van der Waals surface area contributed by atoms with E-state index >= 15 is 0 Å². The third-order valence-electron chi connectivity index (χ3n) is 8.44.